The fourth-order valence-corrected chi connectivity index (χ4v) is 1.95. The molecular formula is C10H13N3O2S. The van der Waals surface area contributed by atoms with E-state index in [-0.39, 0.29) is 6.04 Å². The number of nitrogens with one attached hydrogen (secondary N) is 1. The second-order valence-electron chi connectivity index (χ2n) is 3.31. The van der Waals surface area contributed by atoms with Gasteiger partial charge in [-0.15, -0.1) is 21.5 Å². The highest BCUT2D eigenvalue weighted by atomic mass is 32.1. The lowest BCUT2D eigenvalue weighted by atomic mass is 10.3. The summed E-state index contributed by atoms with van der Waals surface area (Å²) < 4.78 is 10.7. The van der Waals surface area contributed by atoms with Gasteiger partial charge in [-0.2, -0.15) is 0 Å². The number of thiophene rings is 1. The van der Waals surface area contributed by atoms with E-state index < -0.39 is 0 Å². The maximum absolute atomic E-state index is 5.55. The first-order chi connectivity index (χ1) is 7.74. The van der Waals surface area contributed by atoms with Crippen LogP contribution < -0.4 is 10.1 Å². The lowest BCUT2D eigenvalue weighted by Crippen LogP contribution is -2.12. The number of nitrogens with zero attached hydrogens (tertiary/aromatic N) is 2. The van der Waals surface area contributed by atoms with Crippen LogP contribution in [0, 0.1) is 0 Å². The van der Waals surface area contributed by atoms with Gasteiger partial charge in [0, 0.05) is 11.4 Å². The zero-order valence-electron chi connectivity index (χ0n) is 9.35. The number of ether oxygens (including phenoxy) is 1. The van der Waals surface area contributed by atoms with Gasteiger partial charge >= 0.3 is 0 Å². The van der Waals surface area contributed by atoms with Crippen molar-refractivity contribution >= 4 is 11.3 Å². The molecule has 2 heterocycles. The third-order valence-electron chi connectivity index (χ3n) is 2.27. The molecule has 0 aliphatic heterocycles. The first kappa shape index (κ1) is 11.1. The summed E-state index contributed by atoms with van der Waals surface area (Å²) in [6.07, 6.45) is 0. The Morgan fingerprint density at radius 2 is 2.31 bits per heavy atom. The Hall–Kier alpha value is -1.40. The van der Waals surface area contributed by atoms with Crippen LogP contribution in [0.1, 0.15) is 18.9 Å². The third kappa shape index (κ3) is 2.07. The predicted octanol–water partition coefficient (Wildman–Crippen LogP) is 2.09. The Balaban J connectivity index is 2.24. The van der Waals surface area contributed by atoms with Crippen LogP contribution in [0.5, 0.6) is 5.75 Å². The summed E-state index contributed by atoms with van der Waals surface area (Å²) in [5.41, 5.74) is 0. The van der Waals surface area contributed by atoms with E-state index in [4.69, 9.17) is 9.15 Å². The second kappa shape index (κ2) is 4.63. The molecule has 2 aromatic rings. The second-order valence-corrected chi connectivity index (χ2v) is 4.22. The summed E-state index contributed by atoms with van der Waals surface area (Å²) in [7, 11) is 3.48. The molecular weight excluding hydrogens is 226 g/mol. The van der Waals surface area contributed by atoms with Crippen LogP contribution in [0.4, 0.5) is 0 Å². The minimum atomic E-state index is 0.0584. The topological polar surface area (TPSA) is 60.2 Å². The molecule has 6 heteroatoms. The molecule has 16 heavy (non-hydrogen) atoms. The first-order valence-corrected chi connectivity index (χ1v) is 5.76. The molecule has 0 amide bonds. The quantitative estimate of drug-likeness (QED) is 0.885. The first-order valence-electron chi connectivity index (χ1n) is 4.88. The van der Waals surface area contributed by atoms with Crippen molar-refractivity contribution in [1.29, 1.82) is 0 Å². The summed E-state index contributed by atoms with van der Waals surface area (Å²) in [4.78, 5) is 0.916. The fraction of sp³-hybridized carbons (Fsp3) is 0.400. The van der Waals surface area contributed by atoms with Crippen molar-refractivity contribution in [2.45, 2.75) is 13.0 Å². The van der Waals surface area contributed by atoms with E-state index in [1.165, 1.54) is 11.3 Å². The predicted molar refractivity (Wildman–Crippen MR) is 61.6 cm³/mol. The molecule has 0 saturated heterocycles. The number of aromatic nitrogens is 2. The maximum atomic E-state index is 5.55. The molecule has 0 radical (unpaired) electrons. The Morgan fingerprint density at radius 3 is 2.94 bits per heavy atom. The van der Waals surface area contributed by atoms with Crippen LogP contribution in [0.15, 0.2) is 15.9 Å². The summed E-state index contributed by atoms with van der Waals surface area (Å²) >= 11 is 1.52. The average molecular weight is 239 g/mol. The Bertz CT molecular complexity index is 466. The van der Waals surface area contributed by atoms with Crippen molar-refractivity contribution in [3.63, 3.8) is 0 Å². The van der Waals surface area contributed by atoms with Gasteiger partial charge < -0.3 is 14.5 Å². The van der Waals surface area contributed by atoms with E-state index in [0.29, 0.717) is 11.8 Å². The van der Waals surface area contributed by atoms with Crippen LogP contribution in [-0.2, 0) is 0 Å². The molecule has 0 aliphatic carbocycles. The molecule has 0 spiro atoms. The number of rotatable bonds is 4. The highest BCUT2D eigenvalue weighted by Gasteiger charge is 2.14. The Labute approximate surface area is 97.5 Å². The minimum Gasteiger partial charge on any atom is -0.496 e. The fourth-order valence-electron chi connectivity index (χ4n) is 1.17. The van der Waals surface area contributed by atoms with Crippen molar-refractivity contribution in [3.8, 4) is 16.5 Å². The van der Waals surface area contributed by atoms with Crippen LogP contribution in [0.3, 0.4) is 0 Å². The van der Waals surface area contributed by atoms with Crippen LogP contribution >= 0.6 is 11.3 Å². The highest BCUT2D eigenvalue weighted by molar-refractivity contribution is 7.13. The van der Waals surface area contributed by atoms with Crippen molar-refractivity contribution in [3.05, 3.63) is 17.3 Å². The van der Waals surface area contributed by atoms with Crippen molar-refractivity contribution < 1.29 is 9.15 Å². The van der Waals surface area contributed by atoms with Crippen LogP contribution in [0.2, 0.25) is 0 Å². The van der Waals surface area contributed by atoms with Gasteiger partial charge in [0.25, 0.3) is 5.89 Å². The van der Waals surface area contributed by atoms with Gasteiger partial charge in [0.1, 0.15) is 5.75 Å². The molecule has 2 aromatic heterocycles. The van der Waals surface area contributed by atoms with E-state index in [9.17, 15) is 0 Å². The zero-order chi connectivity index (χ0) is 11.5. The van der Waals surface area contributed by atoms with Gasteiger partial charge in [0.2, 0.25) is 5.89 Å². The van der Waals surface area contributed by atoms with Crippen molar-refractivity contribution in [1.82, 2.24) is 15.5 Å². The lowest BCUT2D eigenvalue weighted by Gasteiger charge is -2.01. The Kier molecular flexibility index (Phi) is 3.21. The van der Waals surface area contributed by atoms with Crippen LogP contribution in [-0.4, -0.2) is 24.4 Å². The Morgan fingerprint density at radius 1 is 1.50 bits per heavy atom. The molecule has 0 aromatic carbocycles. The van der Waals surface area contributed by atoms with E-state index in [0.717, 1.165) is 10.6 Å². The normalized spacial score (nSPS) is 12.7. The molecule has 1 N–H and O–H groups in total. The molecule has 0 saturated carbocycles. The summed E-state index contributed by atoms with van der Waals surface area (Å²) in [5, 5.41) is 12.9. The summed E-state index contributed by atoms with van der Waals surface area (Å²) in [5.74, 6) is 1.93. The molecule has 5 nitrogen and oxygen atoms in total. The van der Waals surface area contributed by atoms with E-state index in [1.54, 1.807) is 7.11 Å². The van der Waals surface area contributed by atoms with E-state index >= 15 is 0 Å². The van der Waals surface area contributed by atoms with Crippen molar-refractivity contribution in [2.75, 3.05) is 14.2 Å². The van der Waals surface area contributed by atoms with Crippen molar-refractivity contribution in [2.24, 2.45) is 0 Å². The van der Waals surface area contributed by atoms with E-state index in [2.05, 4.69) is 15.5 Å². The molecule has 0 aliphatic rings. The monoisotopic (exact) mass is 239 g/mol. The van der Waals surface area contributed by atoms with Gasteiger partial charge in [-0.3, -0.25) is 0 Å². The van der Waals surface area contributed by atoms with Gasteiger partial charge in [0.15, 0.2) is 0 Å². The van der Waals surface area contributed by atoms with Crippen LogP contribution in [0.25, 0.3) is 10.8 Å². The third-order valence-corrected chi connectivity index (χ3v) is 3.16. The largest absolute Gasteiger partial charge is 0.496 e. The van der Waals surface area contributed by atoms with Gasteiger partial charge in [-0.05, 0) is 14.0 Å². The molecule has 86 valence electrons. The van der Waals surface area contributed by atoms with Gasteiger partial charge in [-0.1, -0.05) is 0 Å². The van der Waals surface area contributed by atoms with E-state index in [1.807, 2.05) is 25.4 Å². The molecule has 1 atom stereocenters. The lowest BCUT2D eigenvalue weighted by molar-refractivity contribution is 0.416. The van der Waals surface area contributed by atoms with Gasteiger partial charge in [-0.25, -0.2) is 0 Å². The maximum Gasteiger partial charge on any atom is 0.257 e. The number of hydrogen-bond donors (Lipinski definition) is 1. The molecule has 0 fully saturated rings. The number of hydrogen-bond acceptors (Lipinski definition) is 6. The summed E-state index contributed by atoms with van der Waals surface area (Å²) in [6, 6.07) is 1.94. The standard InChI is InChI=1S/C10H13N3O2S/c1-6(11-2)9-12-13-10(15-9)8-4-7(14-3)5-16-8/h4-6,11H,1-3H3. The highest BCUT2D eigenvalue weighted by Crippen LogP contribution is 2.30. The molecule has 1 unspecified atom stereocenters. The molecule has 2 rings (SSSR count). The number of methoxy groups -OCH3 is 1. The minimum absolute atomic E-state index is 0.0584. The van der Waals surface area contributed by atoms with Gasteiger partial charge in [0.05, 0.1) is 18.0 Å². The molecule has 0 bridgehead atoms. The summed E-state index contributed by atoms with van der Waals surface area (Å²) in [6.45, 7) is 1.96. The smallest absolute Gasteiger partial charge is 0.257 e. The SMILES string of the molecule is CNC(C)c1nnc(-c2cc(OC)cs2)o1. The average Bonchev–Trinajstić information content (AvgIpc) is 2.95. The zero-order valence-corrected chi connectivity index (χ0v) is 10.2.